The van der Waals surface area contributed by atoms with Gasteiger partial charge in [-0.25, -0.2) is 14.8 Å². The molecule has 28 heavy (non-hydrogen) atoms. The molecule has 2 amide bonds. The first-order valence-corrected chi connectivity index (χ1v) is 9.69. The maximum Gasteiger partial charge on any atom is 0.359 e. The van der Waals surface area contributed by atoms with E-state index in [9.17, 15) is 14.4 Å². The van der Waals surface area contributed by atoms with Crippen LogP contribution in [0, 0.1) is 5.92 Å². The molecule has 0 atom stereocenters. The van der Waals surface area contributed by atoms with Gasteiger partial charge in [0.15, 0.2) is 18.0 Å². The van der Waals surface area contributed by atoms with E-state index in [2.05, 4.69) is 22.2 Å². The van der Waals surface area contributed by atoms with E-state index in [4.69, 9.17) is 9.47 Å². The predicted molar refractivity (Wildman–Crippen MR) is 98.6 cm³/mol. The Balaban J connectivity index is 1.55. The molecule has 2 fully saturated rings. The molecule has 2 aliphatic rings. The lowest BCUT2D eigenvalue weighted by molar-refractivity contribution is -0.125. The van der Waals surface area contributed by atoms with Crippen molar-refractivity contribution < 1.29 is 23.9 Å². The van der Waals surface area contributed by atoms with Gasteiger partial charge >= 0.3 is 5.97 Å². The Hall–Kier alpha value is -2.55. The molecule has 1 aliphatic heterocycles. The number of rotatable bonds is 5. The van der Waals surface area contributed by atoms with Gasteiger partial charge in [0.1, 0.15) is 0 Å². The highest BCUT2D eigenvalue weighted by atomic mass is 16.5. The van der Waals surface area contributed by atoms with Gasteiger partial charge in [-0.1, -0.05) is 6.92 Å². The zero-order chi connectivity index (χ0) is 19.9. The van der Waals surface area contributed by atoms with Gasteiger partial charge in [-0.3, -0.25) is 9.59 Å². The van der Waals surface area contributed by atoms with Crippen molar-refractivity contribution in [1.82, 2.24) is 20.2 Å². The molecule has 1 N–H and O–H groups in total. The Kier molecular flexibility index (Phi) is 6.91. The lowest BCUT2D eigenvalue weighted by atomic mass is 9.87. The van der Waals surface area contributed by atoms with Crippen LogP contribution in [-0.4, -0.2) is 71.6 Å². The number of carbonyl (C=O) groups excluding carboxylic acids is 3. The number of nitrogens with one attached hydrogen (secondary N) is 1. The quantitative estimate of drug-likeness (QED) is 0.740. The summed E-state index contributed by atoms with van der Waals surface area (Å²) in [6, 6.07) is 0.123. The number of esters is 1. The Morgan fingerprint density at radius 2 is 1.75 bits per heavy atom. The van der Waals surface area contributed by atoms with Crippen LogP contribution in [0.5, 0.6) is 0 Å². The monoisotopic (exact) mass is 390 g/mol. The van der Waals surface area contributed by atoms with Crippen molar-refractivity contribution in [3.05, 3.63) is 23.8 Å². The van der Waals surface area contributed by atoms with E-state index in [1.807, 2.05) is 0 Å². The first-order valence-electron chi connectivity index (χ1n) is 9.69. The number of aromatic nitrogens is 2. The van der Waals surface area contributed by atoms with E-state index >= 15 is 0 Å². The van der Waals surface area contributed by atoms with Crippen LogP contribution in [0.15, 0.2) is 12.4 Å². The molecule has 9 heteroatoms. The number of hydrogen-bond donors (Lipinski definition) is 1. The van der Waals surface area contributed by atoms with Crippen molar-refractivity contribution in [1.29, 1.82) is 0 Å². The molecule has 0 spiro atoms. The Labute approximate surface area is 163 Å². The van der Waals surface area contributed by atoms with Crippen molar-refractivity contribution in [2.24, 2.45) is 5.92 Å². The summed E-state index contributed by atoms with van der Waals surface area (Å²) in [5, 5.41) is 2.89. The molecule has 1 saturated carbocycles. The second-order valence-corrected chi connectivity index (χ2v) is 7.26. The third-order valence-corrected chi connectivity index (χ3v) is 5.11. The van der Waals surface area contributed by atoms with E-state index in [1.165, 1.54) is 12.4 Å². The molecular weight excluding hydrogens is 364 g/mol. The summed E-state index contributed by atoms with van der Waals surface area (Å²) in [5.74, 6) is -0.899. The van der Waals surface area contributed by atoms with E-state index < -0.39 is 18.5 Å². The van der Waals surface area contributed by atoms with Crippen molar-refractivity contribution in [2.45, 2.75) is 38.6 Å². The van der Waals surface area contributed by atoms with Gasteiger partial charge in [-0.05, 0) is 31.6 Å². The normalized spacial score (nSPS) is 22.4. The number of hydrogen-bond acceptors (Lipinski definition) is 7. The molecule has 0 radical (unpaired) electrons. The summed E-state index contributed by atoms with van der Waals surface area (Å²) < 4.78 is 10.3. The summed E-state index contributed by atoms with van der Waals surface area (Å²) in [6.07, 6.45) is 6.69. The van der Waals surface area contributed by atoms with Crippen LogP contribution >= 0.6 is 0 Å². The van der Waals surface area contributed by atoms with Crippen molar-refractivity contribution in [3.8, 4) is 0 Å². The minimum absolute atomic E-state index is 0.0731. The highest BCUT2D eigenvalue weighted by molar-refractivity contribution is 6.03. The molecule has 0 aromatic carbocycles. The molecule has 0 unspecified atom stereocenters. The van der Waals surface area contributed by atoms with Gasteiger partial charge in [0.05, 0.1) is 13.2 Å². The van der Waals surface area contributed by atoms with Crippen LogP contribution in [0.3, 0.4) is 0 Å². The fourth-order valence-electron chi connectivity index (χ4n) is 3.43. The molecule has 1 saturated heterocycles. The molecule has 2 heterocycles. The number of amides is 2. The zero-order valence-electron chi connectivity index (χ0n) is 16.1. The van der Waals surface area contributed by atoms with Crippen LogP contribution in [0.1, 0.15) is 53.6 Å². The first kappa shape index (κ1) is 20.2. The molecule has 1 aromatic heterocycles. The maximum atomic E-state index is 12.6. The fourth-order valence-corrected chi connectivity index (χ4v) is 3.43. The van der Waals surface area contributed by atoms with Crippen LogP contribution in [-0.2, 0) is 14.3 Å². The lowest BCUT2D eigenvalue weighted by Gasteiger charge is -2.27. The van der Waals surface area contributed by atoms with Crippen molar-refractivity contribution >= 4 is 17.8 Å². The van der Waals surface area contributed by atoms with Crippen molar-refractivity contribution in [2.75, 3.05) is 32.9 Å². The molecule has 9 nitrogen and oxygen atoms in total. The molecule has 3 rings (SSSR count). The minimum Gasteiger partial charge on any atom is -0.451 e. The molecule has 1 aliphatic carbocycles. The van der Waals surface area contributed by atoms with Crippen LogP contribution in [0.4, 0.5) is 0 Å². The van der Waals surface area contributed by atoms with Gasteiger partial charge in [0.2, 0.25) is 0 Å². The summed E-state index contributed by atoms with van der Waals surface area (Å²) in [6.45, 7) is 3.51. The Bertz CT molecular complexity index is 712. The van der Waals surface area contributed by atoms with Gasteiger partial charge in [0, 0.05) is 31.5 Å². The molecule has 1 aromatic rings. The van der Waals surface area contributed by atoms with Crippen LogP contribution < -0.4 is 5.32 Å². The highest BCUT2D eigenvalue weighted by Crippen LogP contribution is 2.23. The number of morpholine rings is 1. The van der Waals surface area contributed by atoms with E-state index in [-0.39, 0.29) is 23.3 Å². The second kappa shape index (κ2) is 9.59. The van der Waals surface area contributed by atoms with Gasteiger partial charge in [-0.2, -0.15) is 0 Å². The topological polar surface area (TPSA) is 111 Å². The largest absolute Gasteiger partial charge is 0.451 e. The summed E-state index contributed by atoms with van der Waals surface area (Å²) in [7, 11) is 0. The zero-order valence-corrected chi connectivity index (χ0v) is 16.1. The van der Waals surface area contributed by atoms with Crippen LogP contribution in [0.25, 0.3) is 0 Å². The van der Waals surface area contributed by atoms with Crippen molar-refractivity contribution in [3.63, 3.8) is 0 Å². The van der Waals surface area contributed by atoms with E-state index in [0.29, 0.717) is 32.2 Å². The third-order valence-electron chi connectivity index (χ3n) is 5.11. The SMILES string of the molecule is CC1CCC(NC(=O)COC(=O)c2nccnc2C(=O)N2CCOCC2)CC1. The van der Waals surface area contributed by atoms with Gasteiger partial charge in [0.25, 0.3) is 11.8 Å². The standard InChI is InChI=1S/C19H26N4O5/c1-13-2-4-14(5-3-13)22-15(24)12-28-19(26)17-16(20-6-7-21-17)18(25)23-8-10-27-11-9-23/h6-7,13-14H,2-5,8-12H2,1H3,(H,22,24). The summed E-state index contributed by atoms with van der Waals surface area (Å²) in [4.78, 5) is 46.6. The lowest BCUT2D eigenvalue weighted by Crippen LogP contribution is -2.42. The number of nitrogens with zero attached hydrogens (tertiary/aromatic N) is 3. The Morgan fingerprint density at radius 1 is 1.11 bits per heavy atom. The molecule has 152 valence electrons. The number of carbonyl (C=O) groups is 3. The summed E-state index contributed by atoms with van der Waals surface area (Å²) in [5.41, 5.74) is -0.255. The fraction of sp³-hybridized carbons (Fsp3) is 0.632. The third kappa shape index (κ3) is 5.25. The second-order valence-electron chi connectivity index (χ2n) is 7.26. The average Bonchev–Trinajstić information content (AvgIpc) is 2.74. The minimum atomic E-state index is -0.836. The van der Waals surface area contributed by atoms with E-state index in [1.54, 1.807) is 4.90 Å². The summed E-state index contributed by atoms with van der Waals surface area (Å²) >= 11 is 0. The molecular formula is C19H26N4O5. The van der Waals surface area contributed by atoms with E-state index in [0.717, 1.165) is 25.7 Å². The van der Waals surface area contributed by atoms with Gasteiger partial charge in [-0.15, -0.1) is 0 Å². The average molecular weight is 390 g/mol. The molecule has 0 bridgehead atoms. The number of ether oxygens (including phenoxy) is 2. The van der Waals surface area contributed by atoms with Crippen LogP contribution in [0.2, 0.25) is 0 Å². The predicted octanol–water partition coefficient (Wildman–Crippen LogP) is 0.801. The maximum absolute atomic E-state index is 12.6. The smallest absolute Gasteiger partial charge is 0.359 e. The van der Waals surface area contributed by atoms with Gasteiger partial charge < -0.3 is 19.7 Å². The Morgan fingerprint density at radius 3 is 2.43 bits per heavy atom. The highest BCUT2D eigenvalue weighted by Gasteiger charge is 2.27. The first-order chi connectivity index (χ1) is 13.5.